The predicted octanol–water partition coefficient (Wildman–Crippen LogP) is 3.91. The Labute approximate surface area is 108 Å². The van der Waals surface area contributed by atoms with Gasteiger partial charge in [-0.1, -0.05) is 37.3 Å². The maximum Gasteiger partial charge on any atom is 0.126 e. The molecule has 0 unspecified atom stereocenters. The molecule has 0 radical (unpaired) electrons. The van der Waals surface area contributed by atoms with Crippen LogP contribution in [0.15, 0.2) is 42.5 Å². The van der Waals surface area contributed by atoms with Crippen LogP contribution >= 0.6 is 0 Å². The monoisotopic (exact) mass is 243 g/mol. The fourth-order valence-corrected chi connectivity index (χ4v) is 2.04. The van der Waals surface area contributed by atoms with E-state index < -0.39 is 0 Å². The van der Waals surface area contributed by atoms with Crippen LogP contribution in [0.1, 0.15) is 18.1 Å². The molecule has 0 atom stereocenters. The summed E-state index contributed by atoms with van der Waals surface area (Å²) in [7, 11) is 0. The molecule has 0 heterocycles. The van der Waals surface area contributed by atoms with E-state index in [-0.39, 0.29) is 5.82 Å². The molecule has 0 amide bonds. The van der Waals surface area contributed by atoms with Crippen LogP contribution in [0.4, 0.5) is 4.39 Å². The Balaban J connectivity index is 2.35. The molecule has 2 aromatic rings. The van der Waals surface area contributed by atoms with Gasteiger partial charge in [0.15, 0.2) is 0 Å². The smallest absolute Gasteiger partial charge is 0.126 e. The van der Waals surface area contributed by atoms with E-state index in [0.29, 0.717) is 5.56 Å². The van der Waals surface area contributed by atoms with Crippen LogP contribution in [-0.4, -0.2) is 6.54 Å². The zero-order valence-corrected chi connectivity index (χ0v) is 10.8. The fourth-order valence-electron chi connectivity index (χ4n) is 2.04. The molecule has 0 saturated carbocycles. The highest BCUT2D eigenvalue weighted by molar-refractivity contribution is 5.67. The van der Waals surface area contributed by atoms with Gasteiger partial charge in [0.1, 0.15) is 5.82 Å². The first-order valence-corrected chi connectivity index (χ1v) is 6.27. The van der Waals surface area contributed by atoms with Crippen LogP contribution in [0.2, 0.25) is 0 Å². The third-order valence-corrected chi connectivity index (χ3v) is 3.08. The number of nitrogens with one attached hydrogen (secondary N) is 1. The zero-order chi connectivity index (χ0) is 13.0. The van der Waals surface area contributed by atoms with Crippen molar-refractivity contribution >= 4 is 0 Å². The first-order chi connectivity index (χ1) is 8.72. The average molecular weight is 243 g/mol. The first-order valence-electron chi connectivity index (χ1n) is 6.27. The van der Waals surface area contributed by atoms with Crippen molar-refractivity contribution in [3.63, 3.8) is 0 Å². The van der Waals surface area contributed by atoms with E-state index in [4.69, 9.17) is 0 Å². The summed E-state index contributed by atoms with van der Waals surface area (Å²) in [6.45, 7) is 5.70. The third-order valence-electron chi connectivity index (χ3n) is 3.08. The van der Waals surface area contributed by atoms with Crippen LogP contribution < -0.4 is 5.32 Å². The van der Waals surface area contributed by atoms with E-state index in [0.717, 1.165) is 24.2 Å². The minimum atomic E-state index is -0.149. The summed E-state index contributed by atoms with van der Waals surface area (Å²) in [6, 6.07) is 13.5. The highest BCUT2D eigenvalue weighted by Crippen LogP contribution is 2.25. The number of benzene rings is 2. The summed E-state index contributed by atoms with van der Waals surface area (Å²) in [6.07, 6.45) is 0. The number of hydrogen-bond donors (Lipinski definition) is 1. The topological polar surface area (TPSA) is 12.0 Å². The van der Waals surface area contributed by atoms with E-state index in [1.807, 2.05) is 25.1 Å². The Morgan fingerprint density at radius 2 is 1.89 bits per heavy atom. The van der Waals surface area contributed by atoms with Gasteiger partial charge in [-0.3, -0.25) is 0 Å². The maximum atomic E-state index is 13.6. The minimum Gasteiger partial charge on any atom is -0.313 e. The molecule has 0 aliphatic rings. The molecule has 0 aliphatic heterocycles. The van der Waals surface area contributed by atoms with Crippen molar-refractivity contribution in [2.45, 2.75) is 20.4 Å². The summed E-state index contributed by atoms with van der Waals surface area (Å²) in [5.41, 5.74) is 3.96. The second-order valence-electron chi connectivity index (χ2n) is 4.39. The summed E-state index contributed by atoms with van der Waals surface area (Å²) in [4.78, 5) is 0. The van der Waals surface area contributed by atoms with E-state index in [9.17, 15) is 4.39 Å². The van der Waals surface area contributed by atoms with E-state index in [1.165, 1.54) is 11.6 Å². The van der Waals surface area contributed by atoms with E-state index >= 15 is 0 Å². The van der Waals surface area contributed by atoms with Gasteiger partial charge in [0, 0.05) is 6.54 Å². The van der Waals surface area contributed by atoms with Crippen LogP contribution in [0.5, 0.6) is 0 Å². The van der Waals surface area contributed by atoms with Crippen LogP contribution in [0.3, 0.4) is 0 Å². The Morgan fingerprint density at radius 3 is 2.67 bits per heavy atom. The van der Waals surface area contributed by atoms with Crippen molar-refractivity contribution in [3.05, 3.63) is 59.4 Å². The Bertz CT molecular complexity index is 534. The lowest BCUT2D eigenvalue weighted by Gasteiger charge is -2.09. The Morgan fingerprint density at radius 1 is 1.11 bits per heavy atom. The van der Waals surface area contributed by atoms with Gasteiger partial charge in [-0.25, -0.2) is 4.39 Å². The second kappa shape index (κ2) is 5.78. The maximum absolute atomic E-state index is 13.6. The van der Waals surface area contributed by atoms with E-state index in [2.05, 4.69) is 24.4 Å². The molecular formula is C16H18FN. The third kappa shape index (κ3) is 2.77. The van der Waals surface area contributed by atoms with E-state index in [1.54, 1.807) is 6.07 Å². The lowest BCUT2D eigenvalue weighted by molar-refractivity contribution is 0.619. The standard InChI is InChI=1S/C16H18FN/c1-3-18-11-13-6-4-7-14(10-13)15-8-5-9-16(17)12(15)2/h4-10,18H,3,11H2,1-2H3. The van der Waals surface area contributed by atoms with Crippen molar-refractivity contribution in [1.29, 1.82) is 0 Å². The predicted molar refractivity (Wildman–Crippen MR) is 74.0 cm³/mol. The number of hydrogen-bond acceptors (Lipinski definition) is 1. The molecular weight excluding hydrogens is 225 g/mol. The van der Waals surface area contributed by atoms with Gasteiger partial charge in [0.05, 0.1) is 0 Å². The molecule has 1 N–H and O–H groups in total. The first kappa shape index (κ1) is 12.8. The van der Waals surface area contributed by atoms with Gasteiger partial charge in [-0.15, -0.1) is 0 Å². The van der Waals surface area contributed by atoms with Crippen molar-refractivity contribution in [2.75, 3.05) is 6.54 Å². The molecule has 2 aromatic carbocycles. The molecule has 94 valence electrons. The summed E-state index contributed by atoms with van der Waals surface area (Å²) < 4.78 is 13.6. The van der Waals surface area contributed by atoms with Crippen LogP contribution in [0, 0.1) is 12.7 Å². The molecule has 0 aromatic heterocycles. The molecule has 1 nitrogen and oxygen atoms in total. The molecule has 0 fully saturated rings. The number of halogens is 1. The molecule has 0 aliphatic carbocycles. The Kier molecular flexibility index (Phi) is 4.11. The van der Waals surface area contributed by atoms with Gasteiger partial charge in [-0.05, 0) is 47.9 Å². The summed E-state index contributed by atoms with van der Waals surface area (Å²) in [5.74, 6) is -0.149. The molecule has 0 saturated heterocycles. The largest absolute Gasteiger partial charge is 0.313 e. The van der Waals surface area contributed by atoms with Gasteiger partial charge >= 0.3 is 0 Å². The highest BCUT2D eigenvalue weighted by atomic mass is 19.1. The Hall–Kier alpha value is -1.67. The van der Waals surface area contributed by atoms with Gasteiger partial charge in [0.2, 0.25) is 0 Å². The quantitative estimate of drug-likeness (QED) is 0.858. The fraction of sp³-hybridized carbons (Fsp3) is 0.250. The van der Waals surface area contributed by atoms with Gasteiger partial charge < -0.3 is 5.32 Å². The molecule has 2 rings (SSSR count). The highest BCUT2D eigenvalue weighted by Gasteiger charge is 2.06. The minimum absolute atomic E-state index is 0.149. The van der Waals surface area contributed by atoms with Crippen molar-refractivity contribution < 1.29 is 4.39 Å². The normalized spacial score (nSPS) is 10.6. The van der Waals surface area contributed by atoms with Crippen molar-refractivity contribution in [3.8, 4) is 11.1 Å². The molecule has 18 heavy (non-hydrogen) atoms. The second-order valence-corrected chi connectivity index (χ2v) is 4.39. The van der Waals surface area contributed by atoms with Crippen LogP contribution in [-0.2, 0) is 6.54 Å². The molecule has 0 bridgehead atoms. The van der Waals surface area contributed by atoms with Gasteiger partial charge in [-0.2, -0.15) is 0 Å². The lowest BCUT2D eigenvalue weighted by atomic mass is 9.98. The molecule has 0 spiro atoms. The molecule has 2 heteroatoms. The van der Waals surface area contributed by atoms with Crippen molar-refractivity contribution in [1.82, 2.24) is 5.32 Å². The summed E-state index contributed by atoms with van der Waals surface area (Å²) in [5, 5.41) is 3.30. The lowest BCUT2D eigenvalue weighted by Crippen LogP contribution is -2.11. The van der Waals surface area contributed by atoms with Crippen molar-refractivity contribution in [2.24, 2.45) is 0 Å². The SMILES string of the molecule is CCNCc1cccc(-c2cccc(F)c2C)c1. The van der Waals surface area contributed by atoms with Gasteiger partial charge in [0.25, 0.3) is 0 Å². The average Bonchev–Trinajstić information content (AvgIpc) is 2.40. The van der Waals surface area contributed by atoms with Crippen LogP contribution in [0.25, 0.3) is 11.1 Å². The zero-order valence-electron chi connectivity index (χ0n) is 10.8. The summed E-state index contributed by atoms with van der Waals surface area (Å²) >= 11 is 0. The number of rotatable bonds is 4.